The van der Waals surface area contributed by atoms with Gasteiger partial charge in [0.15, 0.2) is 0 Å². The first-order chi connectivity index (χ1) is 9.52. The molecule has 0 radical (unpaired) electrons. The van der Waals surface area contributed by atoms with Gasteiger partial charge in [0.05, 0.1) is 19.8 Å². The fraction of sp³-hybridized carbons (Fsp3) is 0.375. The number of aliphatic hydroxyl groups is 1. The Morgan fingerprint density at radius 1 is 1.30 bits per heavy atom. The molecule has 0 fully saturated rings. The molecule has 0 aliphatic rings. The Bertz CT molecular complexity index is 575. The van der Waals surface area contributed by atoms with E-state index in [0.717, 1.165) is 22.8 Å². The molecule has 2 rings (SSSR count). The van der Waals surface area contributed by atoms with E-state index in [4.69, 9.17) is 9.15 Å². The van der Waals surface area contributed by atoms with Crippen LogP contribution in [0.2, 0.25) is 0 Å². The van der Waals surface area contributed by atoms with Crippen LogP contribution in [-0.2, 0) is 6.54 Å². The molecule has 0 amide bonds. The normalized spacial score (nSPS) is 12.2. The molecule has 0 spiro atoms. The van der Waals surface area contributed by atoms with Gasteiger partial charge in [-0.2, -0.15) is 0 Å². The molecule has 1 aromatic heterocycles. The van der Waals surface area contributed by atoms with Crippen molar-refractivity contribution in [3.05, 3.63) is 47.4 Å². The molecule has 0 aliphatic heterocycles. The summed E-state index contributed by atoms with van der Waals surface area (Å²) in [5, 5.41) is 10.0. The quantitative estimate of drug-likeness (QED) is 0.909. The molecule has 0 aliphatic carbocycles. The number of furan rings is 1. The summed E-state index contributed by atoms with van der Waals surface area (Å²) < 4.78 is 10.9. The van der Waals surface area contributed by atoms with Crippen LogP contribution in [0.3, 0.4) is 0 Å². The van der Waals surface area contributed by atoms with Crippen LogP contribution in [0.5, 0.6) is 5.75 Å². The summed E-state index contributed by atoms with van der Waals surface area (Å²) in [6.45, 7) is 4.31. The van der Waals surface area contributed by atoms with Crippen LogP contribution in [-0.4, -0.2) is 19.3 Å². The van der Waals surface area contributed by atoms with E-state index < -0.39 is 6.10 Å². The standard InChI is InChI=1S/C16H21NO3/c1-11-8-9-13(20-11)10-17(3)14-6-5-7-15(19-4)16(14)12(2)18/h5-9,12,18H,10H2,1-4H3/t12-/m1/s1. The number of hydrogen-bond donors (Lipinski definition) is 1. The molecule has 4 nitrogen and oxygen atoms in total. The lowest BCUT2D eigenvalue weighted by atomic mass is 10.1. The summed E-state index contributed by atoms with van der Waals surface area (Å²) in [6.07, 6.45) is -0.595. The van der Waals surface area contributed by atoms with Gasteiger partial charge < -0.3 is 19.2 Å². The topological polar surface area (TPSA) is 45.8 Å². The van der Waals surface area contributed by atoms with E-state index in [1.807, 2.05) is 49.2 Å². The minimum atomic E-state index is -0.595. The van der Waals surface area contributed by atoms with Gasteiger partial charge in [0.1, 0.15) is 17.3 Å². The first-order valence-electron chi connectivity index (χ1n) is 6.64. The third-order valence-corrected chi connectivity index (χ3v) is 3.28. The molecule has 1 heterocycles. The van der Waals surface area contributed by atoms with Gasteiger partial charge in [0.25, 0.3) is 0 Å². The molecule has 20 heavy (non-hydrogen) atoms. The lowest BCUT2D eigenvalue weighted by Gasteiger charge is -2.24. The van der Waals surface area contributed by atoms with Gasteiger partial charge in [-0.25, -0.2) is 0 Å². The van der Waals surface area contributed by atoms with E-state index in [9.17, 15) is 5.11 Å². The van der Waals surface area contributed by atoms with Crippen LogP contribution in [0.1, 0.15) is 30.1 Å². The lowest BCUT2D eigenvalue weighted by Crippen LogP contribution is -2.18. The maximum absolute atomic E-state index is 10.0. The third kappa shape index (κ3) is 2.96. The zero-order valence-electron chi connectivity index (χ0n) is 12.4. The molecule has 4 heteroatoms. The molecule has 0 unspecified atom stereocenters. The Hall–Kier alpha value is -1.94. The van der Waals surface area contributed by atoms with E-state index in [2.05, 4.69) is 0 Å². The van der Waals surface area contributed by atoms with Crippen LogP contribution in [0, 0.1) is 6.92 Å². The van der Waals surface area contributed by atoms with Crippen LogP contribution in [0.25, 0.3) is 0 Å². The number of ether oxygens (including phenoxy) is 1. The molecule has 0 saturated heterocycles. The highest BCUT2D eigenvalue weighted by Gasteiger charge is 2.17. The number of methoxy groups -OCH3 is 1. The van der Waals surface area contributed by atoms with Gasteiger partial charge >= 0.3 is 0 Å². The number of aliphatic hydroxyl groups excluding tert-OH is 1. The number of benzene rings is 1. The van der Waals surface area contributed by atoms with Gasteiger partial charge in [0, 0.05) is 18.3 Å². The number of anilines is 1. The summed E-state index contributed by atoms with van der Waals surface area (Å²) in [6, 6.07) is 9.67. The first kappa shape index (κ1) is 14.5. The molecule has 108 valence electrons. The highest BCUT2D eigenvalue weighted by Crippen LogP contribution is 2.34. The Labute approximate surface area is 119 Å². The van der Waals surface area contributed by atoms with Gasteiger partial charge in [-0.15, -0.1) is 0 Å². The smallest absolute Gasteiger partial charge is 0.126 e. The number of nitrogens with zero attached hydrogens (tertiary/aromatic N) is 1. The maximum atomic E-state index is 10.0. The fourth-order valence-electron chi connectivity index (χ4n) is 2.35. The maximum Gasteiger partial charge on any atom is 0.126 e. The summed E-state index contributed by atoms with van der Waals surface area (Å²) in [4.78, 5) is 2.04. The van der Waals surface area contributed by atoms with E-state index in [1.165, 1.54) is 0 Å². The predicted octanol–water partition coefficient (Wildman–Crippen LogP) is 3.29. The van der Waals surface area contributed by atoms with Crippen molar-refractivity contribution in [3.8, 4) is 5.75 Å². The summed E-state index contributed by atoms with van der Waals surface area (Å²) in [5.74, 6) is 2.49. The average molecular weight is 275 g/mol. The Morgan fingerprint density at radius 2 is 2.05 bits per heavy atom. The average Bonchev–Trinajstić information content (AvgIpc) is 2.82. The second kappa shape index (κ2) is 6.01. The second-order valence-corrected chi connectivity index (χ2v) is 4.94. The predicted molar refractivity (Wildman–Crippen MR) is 79.2 cm³/mol. The van der Waals surface area contributed by atoms with Crippen molar-refractivity contribution in [3.63, 3.8) is 0 Å². The first-order valence-corrected chi connectivity index (χ1v) is 6.64. The third-order valence-electron chi connectivity index (χ3n) is 3.28. The van der Waals surface area contributed by atoms with Gasteiger partial charge in [-0.05, 0) is 38.1 Å². The van der Waals surface area contributed by atoms with Crippen molar-refractivity contribution in [2.75, 3.05) is 19.1 Å². The zero-order valence-corrected chi connectivity index (χ0v) is 12.4. The minimum Gasteiger partial charge on any atom is -0.496 e. The van der Waals surface area contributed by atoms with Crippen molar-refractivity contribution in [2.45, 2.75) is 26.5 Å². The molecule has 1 atom stereocenters. The van der Waals surface area contributed by atoms with Crippen LogP contribution in [0.15, 0.2) is 34.7 Å². The highest BCUT2D eigenvalue weighted by molar-refractivity contribution is 5.60. The van der Waals surface area contributed by atoms with Gasteiger partial charge in [0.2, 0.25) is 0 Å². The number of hydrogen-bond acceptors (Lipinski definition) is 4. The monoisotopic (exact) mass is 275 g/mol. The van der Waals surface area contributed by atoms with E-state index >= 15 is 0 Å². The summed E-state index contributed by atoms with van der Waals surface area (Å²) in [7, 11) is 3.58. The van der Waals surface area contributed by atoms with E-state index in [0.29, 0.717) is 12.3 Å². The molecule has 1 N–H and O–H groups in total. The SMILES string of the molecule is COc1cccc(N(C)Cc2ccc(C)o2)c1[C@@H](C)O. The summed E-state index contributed by atoms with van der Waals surface area (Å²) >= 11 is 0. The number of rotatable bonds is 5. The Balaban J connectivity index is 2.31. The van der Waals surface area contributed by atoms with Gasteiger partial charge in [-0.3, -0.25) is 0 Å². The second-order valence-electron chi connectivity index (χ2n) is 4.94. The zero-order chi connectivity index (χ0) is 14.7. The summed E-state index contributed by atoms with van der Waals surface area (Å²) in [5.41, 5.74) is 1.73. The molecule has 0 bridgehead atoms. The van der Waals surface area contributed by atoms with E-state index in [1.54, 1.807) is 14.0 Å². The van der Waals surface area contributed by atoms with Crippen molar-refractivity contribution in [2.24, 2.45) is 0 Å². The van der Waals surface area contributed by atoms with Crippen LogP contribution >= 0.6 is 0 Å². The van der Waals surface area contributed by atoms with Crippen molar-refractivity contribution in [1.82, 2.24) is 0 Å². The Morgan fingerprint density at radius 3 is 2.60 bits per heavy atom. The molecular formula is C16H21NO3. The molecule has 0 saturated carbocycles. The van der Waals surface area contributed by atoms with Crippen LogP contribution in [0.4, 0.5) is 5.69 Å². The molecule has 2 aromatic rings. The minimum absolute atomic E-state index is 0.595. The van der Waals surface area contributed by atoms with Crippen LogP contribution < -0.4 is 9.64 Å². The van der Waals surface area contributed by atoms with Crippen molar-refractivity contribution < 1.29 is 14.3 Å². The van der Waals surface area contributed by atoms with Crippen molar-refractivity contribution >= 4 is 5.69 Å². The molecular weight excluding hydrogens is 254 g/mol. The largest absolute Gasteiger partial charge is 0.496 e. The van der Waals surface area contributed by atoms with Gasteiger partial charge in [-0.1, -0.05) is 6.07 Å². The number of aryl methyl sites for hydroxylation is 1. The lowest BCUT2D eigenvalue weighted by molar-refractivity contribution is 0.194. The molecule has 1 aromatic carbocycles. The Kier molecular flexibility index (Phi) is 4.35. The highest BCUT2D eigenvalue weighted by atomic mass is 16.5. The fourth-order valence-corrected chi connectivity index (χ4v) is 2.35. The van der Waals surface area contributed by atoms with Crippen molar-refractivity contribution in [1.29, 1.82) is 0 Å². The van der Waals surface area contributed by atoms with E-state index in [-0.39, 0.29) is 0 Å².